The lowest BCUT2D eigenvalue weighted by atomic mass is 10.2. The second-order valence-electron chi connectivity index (χ2n) is 4.00. The molecule has 0 aliphatic carbocycles. The lowest BCUT2D eigenvalue weighted by molar-refractivity contribution is 0.282. The van der Waals surface area contributed by atoms with Crippen LogP contribution in [0.5, 0.6) is 0 Å². The summed E-state index contributed by atoms with van der Waals surface area (Å²) in [7, 11) is 0. The summed E-state index contributed by atoms with van der Waals surface area (Å²) in [6, 6.07) is 4.24. The zero-order valence-corrected chi connectivity index (χ0v) is 9.79. The van der Waals surface area contributed by atoms with Crippen molar-refractivity contribution in [3.63, 3.8) is 0 Å². The Bertz CT molecular complexity index is 262. The summed E-state index contributed by atoms with van der Waals surface area (Å²) in [4.78, 5) is 0. The first-order valence-electron chi connectivity index (χ1n) is 5.75. The van der Waals surface area contributed by atoms with Crippen molar-refractivity contribution in [2.45, 2.75) is 39.5 Å². The van der Waals surface area contributed by atoms with E-state index in [-0.39, 0.29) is 0 Å². The van der Waals surface area contributed by atoms with E-state index in [2.05, 4.69) is 36.1 Å². The van der Waals surface area contributed by atoms with Crippen LogP contribution in [-0.2, 0) is 0 Å². The Kier molecular flexibility index (Phi) is 5.26. The van der Waals surface area contributed by atoms with Gasteiger partial charge in [0.2, 0.25) is 0 Å². The van der Waals surface area contributed by atoms with Crippen LogP contribution in [0.25, 0.3) is 0 Å². The van der Waals surface area contributed by atoms with Crippen LogP contribution in [0.15, 0.2) is 12.1 Å². The summed E-state index contributed by atoms with van der Waals surface area (Å²) in [5.74, 6) is 0. The molecule has 86 valence electrons. The number of hydrogen-bond acceptors (Lipinski definition) is 2. The van der Waals surface area contributed by atoms with Gasteiger partial charge < -0.3 is 10.5 Å². The van der Waals surface area contributed by atoms with Gasteiger partial charge in [0.1, 0.15) is 0 Å². The molecule has 0 aromatic carbocycles. The van der Waals surface area contributed by atoms with Gasteiger partial charge in [-0.25, -0.2) is 0 Å². The predicted octanol–water partition coefficient (Wildman–Crippen LogP) is 2.20. The van der Waals surface area contributed by atoms with Crippen LogP contribution in [0.3, 0.4) is 0 Å². The summed E-state index contributed by atoms with van der Waals surface area (Å²) < 4.78 is 2.13. The van der Waals surface area contributed by atoms with Crippen LogP contribution < -0.4 is 5.43 Å². The van der Waals surface area contributed by atoms with Crippen molar-refractivity contribution in [1.29, 1.82) is 0 Å². The van der Waals surface area contributed by atoms with Gasteiger partial charge in [0.05, 0.1) is 0 Å². The smallest absolute Gasteiger partial charge is 0.0431 e. The van der Waals surface area contributed by atoms with E-state index >= 15 is 0 Å². The minimum absolute atomic E-state index is 0.323. The predicted molar refractivity (Wildman–Crippen MR) is 63.7 cm³/mol. The summed E-state index contributed by atoms with van der Waals surface area (Å²) in [5.41, 5.74) is 5.90. The maximum absolute atomic E-state index is 8.63. The van der Waals surface area contributed by atoms with Crippen molar-refractivity contribution in [2.75, 3.05) is 18.6 Å². The minimum Gasteiger partial charge on any atom is -0.396 e. The fourth-order valence-electron chi connectivity index (χ4n) is 1.70. The summed E-state index contributed by atoms with van der Waals surface area (Å²) in [6.45, 7) is 5.53. The maximum atomic E-state index is 8.63. The number of nitrogens with zero attached hydrogens (tertiary/aromatic N) is 1. The molecule has 0 radical (unpaired) electrons. The zero-order valence-electron chi connectivity index (χ0n) is 9.79. The van der Waals surface area contributed by atoms with Crippen molar-refractivity contribution in [1.82, 2.24) is 4.68 Å². The molecule has 1 aromatic heterocycles. The molecule has 0 aliphatic heterocycles. The molecule has 0 bridgehead atoms. The van der Waals surface area contributed by atoms with E-state index in [0.29, 0.717) is 6.61 Å². The van der Waals surface area contributed by atoms with Gasteiger partial charge in [-0.1, -0.05) is 12.8 Å². The van der Waals surface area contributed by atoms with Crippen LogP contribution in [0.1, 0.15) is 37.1 Å². The van der Waals surface area contributed by atoms with Gasteiger partial charge >= 0.3 is 0 Å². The number of hydrogen-bond donors (Lipinski definition) is 2. The lowest BCUT2D eigenvalue weighted by Crippen LogP contribution is -2.18. The number of aliphatic hydroxyl groups is 1. The highest BCUT2D eigenvalue weighted by Gasteiger charge is 1.98. The third-order valence-electron chi connectivity index (χ3n) is 2.63. The van der Waals surface area contributed by atoms with Gasteiger partial charge in [0.25, 0.3) is 0 Å². The number of rotatable bonds is 7. The molecule has 0 saturated carbocycles. The molecule has 1 heterocycles. The van der Waals surface area contributed by atoms with E-state index in [1.165, 1.54) is 17.8 Å². The molecule has 0 fully saturated rings. The quantitative estimate of drug-likeness (QED) is 0.677. The van der Waals surface area contributed by atoms with E-state index in [0.717, 1.165) is 25.8 Å². The van der Waals surface area contributed by atoms with Crippen LogP contribution in [0.2, 0.25) is 0 Å². The van der Waals surface area contributed by atoms with Gasteiger partial charge in [-0.2, -0.15) is 0 Å². The second kappa shape index (κ2) is 6.51. The molecule has 3 nitrogen and oxygen atoms in total. The second-order valence-corrected chi connectivity index (χ2v) is 4.00. The highest BCUT2D eigenvalue weighted by atomic mass is 16.2. The number of aryl methyl sites for hydroxylation is 2. The summed E-state index contributed by atoms with van der Waals surface area (Å²) in [6.07, 6.45) is 4.41. The van der Waals surface area contributed by atoms with Crippen LogP contribution in [0, 0.1) is 13.8 Å². The van der Waals surface area contributed by atoms with E-state index in [9.17, 15) is 0 Å². The standard InChI is InChI=1S/C12H22N2O/c1-11-7-8-12(2)14(11)13-9-5-3-4-6-10-15/h7-8,13,15H,3-6,9-10H2,1-2H3. The average molecular weight is 210 g/mol. The fourth-order valence-corrected chi connectivity index (χ4v) is 1.70. The molecule has 1 aromatic rings. The highest BCUT2D eigenvalue weighted by molar-refractivity contribution is 5.15. The number of nitrogens with one attached hydrogen (secondary N) is 1. The lowest BCUT2D eigenvalue weighted by Gasteiger charge is -2.12. The van der Waals surface area contributed by atoms with E-state index in [1.807, 2.05) is 0 Å². The van der Waals surface area contributed by atoms with Crippen molar-refractivity contribution < 1.29 is 5.11 Å². The first-order chi connectivity index (χ1) is 7.25. The molecule has 2 N–H and O–H groups in total. The SMILES string of the molecule is Cc1ccc(C)n1NCCCCCCO. The van der Waals surface area contributed by atoms with Gasteiger partial charge in [-0.05, 0) is 38.8 Å². The minimum atomic E-state index is 0.323. The molecule has 0 saturated heterocycles. The van der Waals surface area contributed by atoms with E-state index in [4.69, 9.17) is 5.11 Å². The average Bonchev–Trinajstić information content (AvgIpc) is 2.54. The molecule has 15 heavy (non-hydrogen) atoms. The molecular formula is C12H22N2O. The van der Waals surface area contributed by atoms with Crippen molar-refractivity contribution >= 4 is 0 Å². The van der Waals surface area contributed by atoms with Gasteiger partial charge in [-0.3, -0.25) is 4.68 Å². The number of aromatic nitrogens is 1. The maximum Gasteiger partial charge on any atom is 0.0431 e. The normalized spacial score (nSPS) is 10.6. The first-order valence-corrected chi connectivity index (χ1v) is 5.75. The van der Waals surface area contributed by atoms with Crippen molar-refractivity contribution in [2.24, 2.45) is 0 Å². The van der Waals surface area contributed by atoms with Crippen molar-refractivity contribution in [3.05, 3.63) is 23.5 Å². The Morgan fingerprint density at radius 3 is 2.27 bits per heavy atom. The van der Waals surface area contributed by atoms with Crippen LogP contribution in [-0.4, -0.2) is 22.9 Å². The van der Waals surface area contributed by atoms with Gasteiger partial charge in [0, 0.05) is 24.5 Å². The molecule has 0 aliphatic rings. The Morgan fingerprint density at radius 2 is 1.67 bits per heavy atom. The molecule has 0 atom stereocenters. The molecule has 3 heteroatoms. The topological polar surface area (TPSA) is 37.2 Å². The number of aliphatic hydroxyl groups excluding tert-OH is 1. The molecule has 0 amide bonds. The van der Waals surface area contributed by atoms with Crippen LogP contribution >= 0.6 is 0 Å². The Labute approximate surface area is 92.1 Å². The van der Waals surface area contributed by atoms with E-state index < -0.39 is 0 Å². The Hall–Kier alpha value is -0.960. The Morgan fingerprint density at radius 1 is 1.07 bits per heavy atom. The zero-order chi connectivity index (χ0) is 11.1. The van der Waals surface area contributed by atoms with Crippen LogP contribution in [0.4, 0.5) is 0 Å². The highest BCUT2D eigenvalue weighted by Crippen LogP contribution is 2.04. The molecular weight excluding hydrogens is 188 g/mol. The monoisotopic (exact) mass is 210 g/mol. The fraction of sp³-hybridized carbons (Fsp3) is 0.667. The summed E-state index contributed by atoms with van der Waals surface area (Å²) in [5, 5.41) is 8.63. The first kappa shape index (κ1) is 12.1. The van der Waals surface area contributed by atoms with Crippen molar-refractivity contribution in [3.8, 4) is 0 Å². The van der Waals surface area contributed by atoms with Gasteiger partial charge in [0.15, 0.2) is 0 Å². The molecule has 0 unspecified atom stereocenters. The summed E-state index contributed by atoms with van der Waals surface area (Å²) >= 11 is 0. The third kappa shape index (κ3) is 3.96. The molecule has 0 spiro atoms. The number of unbranched alkanes of at least 4 members (excludes halogenated alkanes) is 3. The third-order valence-corrected chi connectivity index (χ3v) is 2.63. The molecule has 1 rings (SSSR count). The van der Waals surface area contributed by atoms with E-state index in [1.54, 1.807) is 0 Å². The largest absolute Gasteiger partial charge is 0.396 e. The Balaban J connectivity index is 2.15. The van der Waals surface area contributed by atoms with Gasteiger partial charge in [-0.15, -0.1) is 0 Å².